The number of nitro groups is 1. The summed E-state index contributed by atoms with van der Waals surface area (Å²) in [6, 6.07) is 4.35. The number of nitrogens with one attached hydrogen (secondary N) is 3. The van der Waals surface area contributed by atoms with Crippen LogP contribution in [0.1, 0.15) is 36.6 Å². The van der Waals surface area contributed by atoms with E-state index in [-0.39, 0.29) is 24.3 Å². The fourth-order valence-electron chi connectivity index (χ4n) is 2.49. The van der Waals surface area contributed by atoms with Crippen LogP contribution in [0.4, 0.5) is 5.69 Å². The maximum Gasteiger partial charge on any atom is 0.325 e. The van der Waals surface area contributed by atoms with E-state index in [9.17, 15) is 24.5 Å². The summed E-state index contributed by atoms with van der Waals surface area (Å²) in [5.41, 5.74) is 2.07. The predicted octanol–water partition coefficient (Wildman–Crippen LogP) is 1.15. The van der Waals surface area contributed by atoms with Crippen molar-refractivity contribution in [2.75, 3.05) is 6.61 Å². The van der Waals surface area contributed by atoms with Gasteiger partial charge in [0.2, 0.25) is 5.91 Å². The summed E-state index contributed by atoms with van der Waals surface area (Å²) in [7, 11) is 0. The van der Waals surface area contributed by atoms with Crippen LogP contribution in [-0.2, 0) is 11.2 Å². The van der Waals surface area contributed by atoms with Gasteiger partial charge >= 0.3 is 11.4 Å². The topological polar surface area (TPSA) is 160 Å². The van der Waals surface area contributed by atoms with Gasteiger partial charge in [0, 0.05) is 29.3 Å². The highest BCUT2D eigenvalue weighted by Gasteiger charge is 2.15. The lowest BCUT2D eigenvalue weighted by Crippen LogP contribution is -2.28. The van der Waals surface area contributed by atoms with E-state index >= 15 is 0 Å². The predicted molar refractivity (Wildman–Crippen MR) is 105 cm³/mol. The third-order valence-electron chi connectivity index (χ3n) is 3.90. The van der Waals surface area contributed by atoms with E-state index < -0.39 is 22.1 Å². The first kappa shape index (κ1) is 21.5. The van der Waals surface area contributed by atoms with Crippen molar-refractivity contribution in [2.45, 2.75) is 33.1 Å². The molecule has 0 spiro atoms. The number of amides is 1. The van der Waals surface area contributed by atoms with E-state index in [2.05, 4.69) is 20.5 Å². The second kappa shape index (κ2) is 9.97. The van der Waals surface area contributed by atoms with Crippen LogP contribution in [0.3, 0.4) is 0 Å². The molecule has 11 nitrogen and oxygen atoms in total. The standard InChI is InChI=1S/C18H21N5O6/c1-3-8-29-15-6-4-12(9-14(15)23(27)28)10-19-22-16(24)7-5-13-11(2)20-18(26)21-17(13)25/h4,6,9-10H,3,5,7-8H2,1-2H3,(H,22,24)(H2,20,21,25,26)/b19-10+. The number of hydrogen-bond acceptors (Lipinski definition) is 7. The third kappa shape index (κ3) is 6.13. The van der Waals surface area contributed by atoms with Gasteiger partial charge in [-0.05, 0) is 31.9 Å². The molecule has 1 aromatic heterocycles. The molecule has 2 rings (SSSR count). The molecular weight excluding hydrogens is 382 g/mol. The number of benzene rings is 1. The van der Waals surface area contributed by atoms with Crippen molar-refractivity contribution >= 4 is 17.8 Å². The Balaban J connectivity index is 1.98. The molecule has 0 saturated heterocycles. The number of aromatic amines is 2. The number of nitro benzene ring substituents is 1. The number of nitrogens with zero attached hydrogens (tertiary/aromatic N) is 2. The van der Waals surface area contributed by atoms with E-state index in [0.717, 1.165) is 6.42 Å². The largest absolute Gasteiger partial charge is 0.487 e. The summed E-state index contributed by atoms with van der Waals surface area (Å²) >= 11 is 0. The minimum absolute atomic E-state index is 0.0305. The Kier molecular flexibility index (Phi) is 7.40. The zero-order valence-electron chi connectivity index (χ0n) is 16.0. The Labute approximate surface area is 165 Å². The Morgan fingerprint density at radius 3 is 2.76 bits per heavy atom. The normalized spacial score (nSPS) is 10.8. The second-order valence-corrected chi connectivity index (χ2v) is 6.14. The minimum Gasteiger partial charge on any atom is -0.487 e. The quantitative estimate of drug-likeness (QED) is 0.323. The van der Waals surface area contributed by atoms with Crippen molar-refractivity contribution in [1.29, 1.82) is 0 Å². The molecular formula is C18H21N5O6. The molecule has 3 N–H and O–H groups in total. The molecule has 0 bridgehead atoms. The van der Waals surface area contributed by atoms with Crippen molar-refractivity contribution in [1.82, 2.24) is 15.4 Å². The molecule has 0 saturated carbocycles. The second-order valence-electron chi connectivity index (χ2n) is 6.14. The van der Waals surface area contributed by atoms with Crippen LogP contribution < -0.4 is 21.4 Å². The number of H-pyrrole nitrogens is 2. The third-order valence-corrected chi connectivity index (χ3v) is 3.90. The molecule has 154 valence electrons. The lowest BCUT2D eigenvalue weighted by Gasteiger charge is -2.06. The molecule has 0 aliphatic heterocycles. The lowest BCUT2D eigenvalue weighted by atomic mass is 10.1. The maximum atomic E-state index is 11.9. The van der Waals surface area contributed by atoms with Crippen LogP contribution in [-0.4, -0.2) is 33.6 Å². The zero-order chi connectivity index (χ0) is 21.4. The van der Waals surface area contributed by atoms with Crippen LogP contribution in [0.25, 0.3) is 0 Å². The summed E-state index contributed by atoms with van der Waals surface area (Å²) in [4.78, 5) is 50.0. The number of aryl methyl sites for hydroxylation is 1. The summed E-state index contributed by atoms with van der Waals surface area (Å²) < 4.78 is 5.34. The van der Waals surface area contributed by atoms with Gasteiger partial charge in [0.1, 0.15) is 0 Å². The number of carbonyl (C=O) groups excluding carboxylic acids is 1. The number of aromatic nitrogens is 2. The van der Waals surface area contributed by atoms with E-state index in [1.165, 1.54) is 18.3 Å². The molecule has 2 aromatic rings. The Morgan fingerprint density at radius 1 is 1.34 bits per heavy atom. The molecule has 0 aliphatic carbocycles. The highest BCUT2D eigenvalue weighted by atomic mass is 16.6. The van der Waals surface area contributed by atoms with Gasteiger partial charge in [-0.2, -0.15) is 5.10 Å². The maximum absolute atomic E-state index is 11.9. The molecule has 0 unspecified atom stereocenters. The number of rotatable bonds is 9. The van der Waals surface area contributed by atoms with Crippen LogP contribution in [0.15, 0.2) is 32.9 Å². The lowest BCUT2D eigenvalue weighted by molar-refractivity contribution is -0.385. The number of hydrazone groups is 1. The van der Waals surface area contributed by atoms with Gasteiger partial charge in [-0.25, -0.2) is 10.2 Å². The van der Waals surface area contributed by atoms with Gasteiger partial charge in [-0.3, -0.25) is 24.7 Å². The van der Waals surface area contributed by atoms with Crippen molar-refractivity contribution < 1.29 is 14.5 Å². The Bertz CT molecular complexity index is 1040. The molecule has 0 atom stereocenters. The fourth-order valence-corrected chi connectivity index (χ4v) is 2.49. The average molecular weight is 403 g/mol. The van der Waals surface area contributed by atoms with Crippen molar-refractivity contribution in [2.24, 2.45) is 5.10 Å². The molecule has 29 heavy (non-hydrogen) atoms. The van der Waals surface area contributed by atoms with Crippen molar-refractivity contribution in [3.05, 3.63) is 66.0 Å². The van der Waals surface area contributed by atoms with E-state index in [0.29, 0.717) is 23.4 Å². The van der Waals surface area contributed by atoms with Crippen LogP contribution in [0.2, 0.25) is 0 Å². The first-order chi connectivity index (χ1) is 13.8. The van der Waals surface area contributed by atoms with E-state index in [4.69, 9.17) is 4.74 Å². The van der Waals surface area contributed by atoms with E-state index in [1.807, 2.05) is 6.92 Å². The van der Waals surface area contributed by atoms with Crippen LogP contribution in [0.5, 0.6) is 5.75 Å². The minimum atomic E-state index is -0.606. The van der Waals surface area contributed by atoms with Gasteiger partial charge in [0.25, 0.3) is 5.56 Å². The smallest absolute Gasteiger partial charge is 0.325 e. The SMILES string of the molecule is CCCOc1ccc(/C=N/NC(=O)CCc2c(C)[nH]c(=O)[nH]c2=O)cc1[N+](=O)[O-]. The first-order valence-electron chi connectivity index (χ1n) is 8.87. The molecule has 11 heteroatoms. The highest BCUT2D eigenvalue weighted by molar-refractivity contribution is 5.83. The van der Waals surface area contributed by atoms with Crippen LogP contribution >= 0.6 is 0 Å². The zero-order valence-corrected chi connectivity index (χ0v) is 16.0. The van der Waals surface area contributed by atoms with E-state index in [1.54, 1.807) is 13.0 Å². The number of hydrogen-bond donors (Lipinski definition) is 3. The van der Waals surface area contributed by atoms with Crippen molar-refractivity contribution in [3.63, 3.8) is 0 Å². The Morgan fingerprint density at radius 2 is 2.10 bits per heavy atom. The highest BCUT2D eigenvalue weighted by Crippen LogP contribution is 2.27. The molecule has 1 amide bonds. The van der Waals surface area contributed by atoms with Gasteiger partial charge < -0.3 is 9.72 Å². The average Bonchev–Trinajstić information content (AvgIpc) is 2.65. The number of carbonyl (C=O) groups is 1. The first-order valence-corrected chi connectivity index (χ1v) is 8.87. The van der Waals surface area contributed by atoms with Gasteiger partial charge in [-0.15, -0.1) is 0 Å². The van der Waals surface area contributed by atoms with Gasteiger partial charge in [-0.1, -0.05) is 6.92 Å². The van der Waals surface area contributed by atoms with Gasteiger partial charge in [0.15, 0.2) is 5.75 Å². The van der Waals surface area contributed by atoms with Crippen LogP contribution in [0, 0.1) is 17.0 Å². The van der Waals surface area contributed by atoms with Gasteiger partial charge in [0.05, 0.1) is 17.7 Å². The molecule has 0 radical (unpaired) electrons. The summed E-state index contributed by atoms with van der Waals surface area (Å²) in [6.07, 6.45) is 2.08. The Hall–Kier alpha value is -3.76. The molecule has 0 fully saturated rings. The fraction of sp³-hybridized carbons (Fsp3) is 0.333. The molecule has 1 heterocycles. The monoisotopic (exact) mass is 403 g/mol. The molecule has 0 aliphatic rings. The molecule has 1 aromatic carbocycles. The summed E-state index contributed by atoms with van der Waals surface area (Å²) in [5.74, 6) is -0.289. The number of ether oxygens (including phenoxy) is 1. The summed E-state index contributed by atoms with van der Waals surface area (Å²) in [5, 5.41) is 14.9. The van der Waals surface area contributed by atoms with Crippen molar-refractivity contribution in [3.8, 4) is 5.75 Å². The summed E-state index contributed by atoms with van der Waals surface area (Å²) in [6.45, 7) is 3.83.